The summed E-state index contributed by atoms with van der Waals surface area (Å²) in [6.07, 6.45) is 4.50. The maximum absolute atomic E-state index is 13.7. The number of benzene rings is 1. The van der Waals surface area contributed by atoms with Gasteiger partial charge in [0.25, 0.3) is 5.56 Å². The zero-order valence-corrected chi connectivity index (χ0v) is 18.1. The number of thioether (sulfide) groups is 1. The van der Waals surface area contributed by atoms with Gasteiger partial charge < -0.3 is 0 Å². The van der Waals surface area contributed by atoms with Gasteiger partial charge in [-0.15, -0.1) is 11.3 Å². The summed E-state index contributed by atoms with van der Waals surface area (Å²) in [6, 6.07) is 6.31. The van der Waals surface area contributed by atoms with Crippen molar-refractivity contribution in [2.24, 2.45) is 5.92 Å². The van der Waals surface area contributed by atoms with Crippen LogP contribution in [0.15, 0.2) is 28.2 Å². The first-order chi connectivity index (χ1) is 13.0. The van der Waals surface area contributed by atoms with Gasteiger partial charge in [0.2, 0.25) is 0 Å². The molecule has 3 nitrogen and oxygen atoms in total. The van der Waals surface area contributed by atoms with E-state index in [0.717, 1.165) is 50.8 Å². The molecule has 0 saturated heterocycles. The van der Waals surface area contributed by atoms with Crippen LogP contribution in [0.25, 0.3) is 15.9 Å². The number of aromatic nitrogens is 2. The highest BCUT2D eigenvalue weighted by Crippen LogP contribution is 2.35. The topological polar surface area (TPSA) is 34.9 Å². The van der Waals surface area contributed by atoms with Gasteiger partial charge in [0.05, 0.1) is 11.1 Å². The lowest BCUT2D eigenvalue weighted by molar-refractivity contribution is 0.699. The number of rotatable bonds is 4. The highest BCUT2D eigenvalue weighted by atomic mass is 32.2. The Kier molecular flexibility index (Phi) is 5.17. The van der Waals surface area contributed by atoms with Crippen molar-refractivity contribution in [3.63, 3.8) is 0 Å². The predicted octanol–water partition coefficient (Wildman–Crippen LogP) is 5.69. The zero-order chi connectivity index (χ0) is 19.1. The highest BCUT2D eigenvalue weighted by molar-refractivity contribution is 7.99. The van der Waals surface area contributed by atoms with E-state index in [4.69, 9.17) is 4.98 Å². The fourth-order valence-corrected chi connectivity index (χ4v) is 5.96. The fraction of sp³-hybridized carbons (Fsp3) is 0.455. The van der Waals surface area contributed by atoms with Crippen LogP contribution in [0.3, 0.4) is 0 Å². The van der Waals surface area contributed by atoms with E-state index in [2.05, 4.69) is 45.9 Å². The van der Waals surface area contributed by atoms with E-state index in [9.17, 15) is 4.79 Å². The third kappa shape index (κ3) is 3.47. The Morgan fingerprint density at radius 1 is 1.22 bits per heavy atom. The minimum atomic E-state index is 0.111. The summed E-state index contributed by atoms with van der Waals surface area (Å²) in [5.41, 5.74) is 4.61. The Hall–Kier alpha value is -1.59. The average Bonchev–Trinajstić information content (AvgIpc) is 3.01. The minimum absolute atomic E-state index is 0.111. The van der Waals surface area contributed by atoms with Crippen LogP contribution in [0.2, 0.25) is 0 Å². The van der Waals surface area contributed by atoms with Crippen LogP contribution in [0.5, 0.6) is 0 Å². The number of aryl methyl sites for hydroxylation is 4. The molecule has 0 saturated carbocycles. The van der Waals surface area contributed by atoms with Crippen LogP contribution in [0, 0.1) is 19.8 Å². The summed E-state index contributed by atoms with van der Waals surface area (Å²) < 4.78 is 1.87. The molecule has 0 fully saturated rings. The monoisotopic (exact) mass is 398 g/mol. The molecule has 5 heteroatoms. The van der Waals surface area contributed by atoms with Crippen LogP contribution >= 0.6 is 23.1 Å². The Balaban J connectivity index is 2.01. The van der Waals surface area contributed by atoms with Crippen LogP contribution < -0.4 is 5.56 Å². The van der Waals surface area contributed by atoms with Crippen molar-refractivity contribution in [3.05, 3.63) is 50.1 Å². The summed E-state index contributed by atoms with van der Waals surface area (Å²) in [4.78, 5) is 21.0. The van der Waals surface area contributed by atoms with Gasteiger partial charge in [-0.1, -0.05) is 37.7 Å². The Morgan fingerprint density at radius 2 is 2.00 bits per heavy atom. The predicted molar refractivity (Wildman–Crippen MR) is 117 cm³/mol. The van der Waals surface area contributed by atoms with E-state index >= 15 is 0 Å². The smallest absolute Gasteiger partial charge is 0.267 e. The molecular formula is C22H26N2OS2. The first-order valence-corrected chi connectivity index (χ1v) is 11.5. The van der Waals surface area contributed by atoms with Crippen molar-refractivity contribution in [1.82, 2.24) is 9.55 Å². The van der Waals surface area contributed by atoms with E-state index in [1.807, 2.05) is 4.57 Å². The maximum atomic E-state index is 13.7. The van der Waals surface area contributed by atoms with Gasteiger partial charge in [-0.25, -0.2) is 4.98 Å². The molecule has 0 amide bonds. The minimum Gasteiger partial charge on any atom is -0.268 e. The summed E-state index contributed by atoms with van der Waals surface area (Å²) >= 11 is 3.43. The molecule has 0 aliphatic heterocycles. The number of thiophene rings is 1. The van der Waals surface area contributed by atoms with Crippen molar-refractivity contribution in [2.75, 3.05) is 5.75 Å². The second-order valence-electron chi connectivity index (χ2n) is 7.92. The van der Waals surface area contributed by atoms with Crippen LogP contribution in [0.1, 0.15) is 48.3 Å². The van der Waals surface area contributed by atoms with Gasteiger partial charge in [-0.05, 0) is 68.2 Å². The molecule has 0 N–H and O–H groups in total. The van der Waals surface area contributed by atoms with Crippen LogP contribution in [0.4, 0.5) is 0 Å². The lowest BCUT2D eigenvalue weighted by Gasteiger charge is -2.16. The highest BCUT2D eigenvalue weighted by Gasteiger charge is 2.23. The molecule has 0 unspecified atom stereocenters. The molecule has 1 aromatic carbocycles. The molecule has 0 atom stereocenters. The van der Waals surface area contributed by atoms with Crippen molar-refractivity contribution >= 4 is 33.3 Å². The van der Waals surface area contributed by atoms with Crippen molar-refractivity contribution in [3.8, 4) is 5.69 Å². The average molecular weight is 399 g/mol. The number of fused-ring (bicyclic) bond motifs is 3. The molecule has 0 bridgehead atoms. The number of nitrogens with zero attached hydrogens (tertiary/aromatic N) is 2. The Bertz CT molecular complexity index is 1060. The Labute approximate surface area is 168 Å². The summed E-state index contributed by atoms with van der Waals surface area (Å²) in [7, 11) is 0. The van der Waals surface area contributed by atoms with Gasteiger partial charge in [0.1, 0.15) is 4.83 Å². The molecule has 142 valence electrons. The molecule has 2 heterocycles. The molecule has 2 aromatic heterocycles. The normalized spacial score (nSPS) is 14.1. The molecule has 3 aromatic rings. The first kappa shape index (κ1) is 18.8. The summed E-state index contributed by atoms with van der Waals surface area (Å²) in [5, 5.41) is 1.69. The molecule has 1 aliphatic carbocycles. The molecule has 27 heavy (non-hydrogen) atoms. The first-order valence-electron chi connectivity index (χ1n) is 9.73. The van der Waals surface area contributed by atoms with Crippen LogP contribution in [-0.2, 0) is 12.8 Å². The molecule has 4 rings (SSSR count). The third-order valence-electron chi connectivity index (χ3n) is 5.11. The lowest BCUT2D eigenvalue weighted by Crippen LogP contribution is -2.23. The molecule has 0 radical (unpaired) electrons. The molecule has 0 spiro atoms. The van der Waals surface area contributed by atoms with Crippen molar-refractivity contribution < 1.29 is 0 Å². The van der Waals surface area contributed by atoms with Gasteiger partial charge >= 0.3 is 0 Å². The van der Waals surface area contributed by atoms with Gasteiger partial charge in [-0.2, -0.15) is 0 Å². The number of hydrogen-bond acceptors (Lipinski definition) is 4. The quantitative estimate of drug-likeness (QED) is 0.418. The van der Waals surface area contributed by atoms with E-state index in [1.54, 1.807) is 23.1 Å². The standard InChI is InChI=1S/C22H26N2OS2/c1-13(2)12-26-22-23-20-19(16-7-5-6-8-18(16)27-20)21(25)24(22)17-11-14(3)9-10-15(17)4/h9-11,13H,5-8,12H2,1-4H3. The van der Waals surface area contributed by atoms with E-state index < -0.39 is 0 Å². The summed E-state index contributed by atoms with van der Waals surface area (Å²) in [5.74, 6) is 1.50. The molecular weight excluding hydrogens is 372 g/mol. The number of hydrogen-bond donors (Lipinski definition) is 0. The van der Waals surface area contributed by atoms with E-state index in [-0.39, 0.29) is 5.56 Å². The maximum Gasteiger partial charge on any atom is 0.267 e. The SMILES string of the molecule is Cc1ccc(C)c(-n2c(SCC(C)C)nc3sc4c(c3c2=O)CCCC4)c1. The lowest BCUT2D eigenvalue weighted by atomic mass is 9.97. The van der Waals surface area contributed by atoms with Crippen molar-refractivity contribution in [2.45, 2.75) is 58.5 Å². The van der Waals surface area contributed by atoms with E-state index in [1.165, 1.54) is 23.3 Å². The van der Waals surface area contributed by atoms with Crippen molar-refractivity contribution in [1.29, 1.82) is 0 Å². The van der Waals surface area contributed by atoms with E-state index in [0.29, 0.717) is 5.92 Å². The molecule has 1 aliphatic rings. The summed E-state index contributed by atoms with van der Waals surface area (Å²) in [6.45, 7) is 8.56. The second-order valence-corrected chi connectivity index (χ2v) is 9.99. The second kappa shape index (κ2) is 7.44. The Morgan fingerprint density at radius 3 is 2.78 bits per heavy atom. The van der Waals surface area contributed by atoms with Crippen LogP contribution in [-0.4, -0.2) is 15.3 Å². The fourth-order valence-electron chi connectivity index (χ4n) is 3.70. The third-order valence-corrected chi connectivity index (χ3v) is 7.66. The largest absolute Gasteiger partial charge is 0.268 e. The van der Waals surface area contributed by atoms with Gasteiger partial charge in [0, 0.05) is 10.6 Å². The van der Waals surface area contributed by atoms with Gasteiger partial charge in [0.15, 0.2) is 5.16 Å². The zero-order valence-electron chi connectivity index (χ0n) is 16.5. The van der Waals surface area contributed by atoms with Gasteiger partial charge in [-0.3, -0.25) is 9.36 Å².